The lowest BCUT2D eigenvalue weighted by Crippen LogP contribution is -2.22. The summed E-state index contributed by atoms with van der Waals surface area (Å²) in [5, 5.41) is 9.99. The molecule has 0 unspecified atom stereocenters. The van der Waals surface area contributed by atoms with E-state index in [0.29, 0.717) is 13.0 Å². The standard InChI is InChI=1S/C24H33NO4/c1-24(2,26)12-15-29-20-11-10-18(16-19(20)17-25-13-5-6-14-25)23-21(27-3)8-7-9-22(23)28-4/h7-11,16,26H,5-6,12-15,17H2,1-4H3. The van der Waals surface area contributed by atoms with E-state index in [9.17, 15) is 5.11 Å². The molecule has 0 bridgehead atoms. The van der Waals surface area contributed by atoms with E-state index in [0.717, 1.165) is 53.6 Å². The Kier molecular flexibility index (Phi) is 7.04. The summed E-state index contributed by atoms with van der Waals surface area (Å²) in [6, 6.07) is 12.1. The quantitative estimate of drug-likeness (QED) is 0.672. The summed E-state index contributed by atoms with van der Waals surface area (Å²) >= 11 is 0. The minimum Gasteiger partial charge on any atom is -0.496 e. The summed E-state index contributed by atoms with van der Waals surface area (Å²) in [6.07, 6.45) is 3.07. The molecule has 2 aromatic rings. The average molecular weight is 400 g/mol. The zero-order valence-electron chi connectivity index (χ0n) is 18.0. The maximum Gasteiger partial charge on any atom is 0.130 e. The average Bonchev–Trinajstić information content (AvgIpc) is 3.20. The summed E-state index contributed by atoms with van der Waals surface area (Å²) < 4.78 is 17.3. The molecule has 1 N–H and O–H groups in total. The van der Waals surface area contributed by atoms with Gasteiger partial charge in [0.05, 0.1) is 32.0 Å². The highest BCUT2D eigenvalue weighted by Gasteiger charge is 2.19. The molecule has 0 atom stereocenters. The fraction of sp³-hybridized carbons (Fsp3) is 0.500. The van der Waals surface area contributed by atoms with Crippen LogP contribution in [-0.4, -0.2) is 49.5 Å². The van der Waals surface area contributed by atoms with Crippen molar-refractivity contribution in [3.63, 3.8) is 0 Å². The van der Waals surface area contributed by atoms with Gasteiger partial charge in [0, 0.05) is 18.5 Å². The van der Waals surface area contributed by atoms with E-state index >= 15 is 0 Å². The third-order valence-electron chi connectivity index (χ3n) is 5.34. The van der Waals surface area contributed by atoms with E-state index < -0.39 is 5.60 Å². The zero-order valence-corrected chi connectivity index (χ0v) is 18.0. The zero-order chi connectivity index (χ0) is 20.9. The highest BCUT2D eigenvalue weighted by molar-refractivity contribution is 5.78. The Morgan fingerprint density at radius 3 is 2.21 bits per heavy atom. The van der Waals surface area contributed by atoms with Crippen LogP contribution in [0.25, 0.3) is 11.1 Å². The number of benzene rings is 2. The van der Waals surface area contributed by atoms with Crippen molar-refractivity contribution in [3.8, 4) is 28.4 Å². The van der Waals surface area contributed by atoms with Crippen LogP contribution in [0.5, 0.6) is 17.2 Å². The number of hydrogen-bond donors (Lipinski definition) is 1. The molecule has 29 heavy (non-hydrogen) atoms. The van der Waals surface area contributed by atoms with Gasteiger partial charge >= 0.3 is 0 Å². The van der Waals surface area contributed by atoms with Crippen molar-refractivity contribution in [1.29, 1.82) is 0 Å². The van der Waals surface area contributed by atoms with Crippen molar-refractivity contribution >= 4 is 0 Å². The number of methoxy groups -OCH3 is 2. The van der Waals surface area contributed by atoms with Gasteiger partial charge < -0.3 is 19.3 Å². The molecule has 1 aliphatic heterocycles. The first-order valence-electron chi connectivity index (χ1n) is 10.3. The molecule has 5 heteroatoms. The van der Waals surface area contributed by atoms with Gasteiger partial charge in [-0.1, -0.05) is 12.1 Å². The van der Waals surface area contributed by atoms with Crippen LogP contribution < -0.4 is 14.2 Å². The van der Waals surface area contributed by atoms with E-state index in [-0.39, 0.29) is 0 Å². The van der Waals surface area contributed by atoms with Crippen LogP contribution in [0.15, 0.2) is 36.4 Å². The van der Waals surface area contributed by atoms with Gasteiger partial charge in [-0.2, -0.15) is 0 Å². The largest absolute Gasteiger partial charge is 0.496 e. The number of hydrogen-bond acceptors (Lipinski definition) is 5. The molecule has 5 nitrogen and oxygen atoms in total. The second-order valence-electron chi connectivity index (χ2n) is 8.25. The first-order valence-corrected chi connectivity index (χ1v) is 10.3. The van der Waals surface area contributed by atoms with Gasteiger partial charge in [-0.3, -0.25) is 4.90 Å². The Bertz CT molecular complexity index is 785. The van der Waals surface area contributed by atoms with Crippen molar-refractivity contribution < 1.29 is 19.3 Å². The van der Waals surface area contributed by atoms with Gasteiger partial charge in [0.1, 0.15) is 17.2 Å². The number of ether oxygens (including phenoxy) is 3. The minimum absolute atomic E-state index is 0.480. The molecular weight excluding hydrogens is 366 g/mol. The van der Waals surface area contributed by atoms with E-state index in [4.69, 9.17) is 14.2 Å². The molecule has 3 rings (SSSR count). The number of nitrogens with zero attached hydrogens (tertiary/aromatic N) is 1. The van der Waals surface area contributed by atoms with E-state index in [2.05, 4.69) is 11.0 Å². The van der Waals surface area contributed by atoms with Crippen LogP contribution >= 0.6 is 0 Å². The fourth-order valence-electron chi connectivity index (χ4n) is 3.73. The lowest BCUT2D eigenvalue weighted by atomic mass is 10.00. The topological polar surface area (TPSA) is 51.2 Å². The Balaban J connectivity index is 1.93. The van der Waals surface area contributed by atoms with Crippen LogP contribution in [0.4, 0.5) is 0 Å². The Morgan fingerprint density at radius 2 is 1.62 bits per heavy atom. The molecule has 0 spiro atoms. The fourth-order valence-corrected chi connectivity index (χ4v) is 3.73. The minimum atomic E-state index is -0.736. The molecule has 0 saturated carbocycles. The Morgan fingerprint density at radius 1 is 0.966 bits per heavy atom. The third kappa shape index (κ3) is 5.64. The third-order valence-corrected chi connectivity index (χ3v) is 5.34. The normalized spacial score (nSPS) is 14.8. The number of rotatable bonds is 9. The monoisotopic (exact) mass is 399 g/mol. The molecule has 158 valence electrons. The Hall–Kier alpha value is -2.24. The van der Waals surface area contributed by atoms with E-state index in [1.807, 2.05) is 30.3 Å². The molecule has 1 saturated heterocycles. The molecule has 1 heterocycles. The molecule has 1 aliphatic rings. The smallest absolute Gasteiger partial charge is 0.130 e. The molecule has 0 aromatic heterocycles. The molecule has 0 aliphatic carbocycles. The Labute approximate surface area is 174 Å². The summed E-state index contributed by atoms with van der Waals surface area (Å²) in [7, 11) is 3.36. The predicted molar refractivity (Wildman–Crippen MR) is 116 cm³/mol. The molecule has 0 amide bonds. The lowest BCUT2D eigenvalue weighted by molar-refractivity contribution is 0.0551. The maximum atomic E-state index is 9.99. The maximum absolute atomic E-state index is 9.99. The molecule has 2 aromatic carbocycles. The summed E-state index contributed by atoms with van der Waals surface area (Å²) in [6.45, 7) is 7.17. The number of aliphatic hydroxyl groups is 1. The van der Waals surface area contributed by atoms with E-state index in [1.165, 1.54) is 12.8 Å². The van der Waals surface area contributed by atoms with Crippen LogP contribution in [0.3, 0.4) is 0 Å². The second-order valence-corrected chi connectivity index (χ2v) is 8.25. The first-order chi connectivity index (χ1) is 13.9. The van der Waals surface area contributed by atoms with Crippen LogP contribution in [0.2, 0.25) is 0 Å². The highest BCUT2D eigenvalue weighted by Crippen LogP contribution is 2.40. The molecular formula is C24H33NO4. The van der Waals surface area contributed by atoms with Gasteiger partial charge in [-0.25, -0.2) is 0 Å². The van der Waals surface area contributed by atoms with Gasteiger partial charge in [0.25, 0.3) is 0 Å². The van der Waals surface area contributed by atoms with Crippen molar-refractivity contribution in [3.05, 3.63) is 42.0 Å². The van der Waals surface area contributed by atoms with Crippen LogP contribution in [-0.2, 0) is 6.54 Å². The van der Waals surface area contributed by atoms with Crippen molar-refractivity contribution in [2.24, 2.45) is 0 Å². The SMILES string of the molecule is COc1cccc(OC)c1-c1ccc(OCCC(C)(C)O)c(CN2CCCC2)c1. The molecule has 0 radical (unpaired) electrons. The van der Waals surface area contributed by atoms with Crippen molar-refractivity contribution in [1.82, 2.24) is 4.90 Å². The van der Waals surface area contributed by atoms with Crippen LogP contribution in [0.1, 0.15) is 38.7 Å². The van der Waals surface area contributed by atoms with E-state index in [1.54, 1.807) is 28.1 Å². The van der Waals surface area contributed by atoms with Gasteiger partial charge in [-0.05, 0) is 69.6 Å². The molecule has 1 fully saturated rings. The first kappa shape index (κ1) is 21.5. The van der Waals surface area contributed by atoms with Crippen molar-refractivity contribution in [2.75, 3.05) is 33.9 Å². The van der Waals surface area contributed by atoms with Gasteiger partial charge in [-0.15, -0.1) is 0 Å². The van der Waals surface area contributed by atoms with Gasteiger partial charge in [0.15, 0.2) is 0 Å². The summed E-state index contributed by atoms with van der Waals surface area (Å²) in [4.78, 5) is 2.46. The summed E-state index contributed by atoms with van der Waals surface area (Å²) in [5.41, 5.74) is 2.40. The highest BCUT2D eigenvalue weighted by atomic mass is 16.5. The predicted octanol–water partition coefficient (Wildman–Crippen LogP) is 4.51. The van der Waals surface area contributed by atoms with Crippen LogP contribution in [0, 0.1) is 0 Å². The van der Waals surface area contributed by atoms with Gasteiger partial charge in [0.2, 0.25) is 0 Å². The second kappa shape index (κ2) is 9.51. The number of likely N-dealkylation sites (tertiary alicyclic amines) is 1. The summed E-state index contributed by atoms with van der Waals surface area (Å²) in [5.74, 6) is 2.44. The van der Waals surface area contributed by atoms with Crippen molar-refractivity contribution in [2.45, 2.75) is 45.3 Å². The lowest BCUT2D eigenvalue weighted by Gasteiger charge is -2.21.